The molecule has 0 unspecified atom stereocenters. The lowest BCUT2D eigenvalue weighted by atomic mass is 9.70. The third kappa shape index (κ3) is 9.91. The number of β-amino-alcohol motifs (C(OH)–C–C–N with tert-alkyl or cyclic N) is 1. The van der Waals surface area contributed by atoms with Crippen molar-refractivity contribution in [3.05, 3.63) is 119 Å². The molecule has 0 bridgehead atoms. The van der Waals surface area contributed by atoms with Gasteiger partial charge in [0.2, 0.25) is 11.8 Å². The molecule has 2 heterocycles. The summed E-state index contributed by atoms with van der Waals surface area (Å²) < 4.78 is 9.64. The van der Waals surface area contributed by atoms with Gasteiger partial charge in [-0.25, -0.2) is 9.59 Å². The number of carbonyl (C=O) groups is 6. The van der Waals surface area contributed by atoms with E-state index in [0.717, 1.165) is 60.8 Å². The molecule has 7 rings (SSSR count). The minimum atomic E-state index is -1.15. The van der Waals surface area contributed by atoms with Crippen LogP contribution < -0.4 is 21.3 Å². The average molecular weight is 901 g/mol. The van der Waals surface area contributed by atoms with Crippen LogP contribution in [0.4, 0.5) is 21.0 Å². The Morgan fingerprint density at radius 3 is 1.61 bits per heavy atom. The Balaban J connectivity index is 1.14. The number of aliphatic hydroxyl groups is 1. The van der Waals surface area contributed by atoms with Gasteiger partial charge in [0.15, 0.2) is 0 Å². The molecule has 6 amide bonds. The molecule has 0 radical (unpaired) electrons. The largest absolute Gasteiger partial charge is 0.453 e. The highest BCUT2D eigenvalue weighted by molar-refractivity contribution is 6.01. The molecule has 15 heteroatoms. The van der Waals surface area contributed by atoms with Gasteiger partial charge in [0.1, 0.15) is 24.2 Å². The average Bonchev–Trinajstić information content (AvgIpc) is 4.06. The number of unbranched alkanes of at least 4 members (excludes halogenated alkanes) is 2. The molecule has 2 saturated heterocycles. The number of hydrogen-bond donors (Lipinski definition) is 5. The molecule has 0 aromatic heterocycles. The first-order valence-corrected chi connectivity index (χ1v) is 22.9. The maximum atomic E-state index is 14.2. The Labute approximate surface area is 385 Å². The number of aliphatic hydroxyl groups excluding tert-OH is 1. The van der Waals surface area contributed by atoms with Gasteiger partial charge < -0.3 is 45.6 Å². The quantitative estimate of drug-likeness (QED) is 0.0764. The van der Waals surface area contributed by atoms with Gasteiger partial charge in [0, 0.05) is 36.3 Å². The van der Waals surface area contributed by atoms with E-state index in [1.54, 1.807) is 54.6 Å². The Morgan fingerprint density at radius 2 is 1.14 bits per heavy atom. The highest BCUT2D eigenvalue weighted by atomic mass is 16.5. The number of nitrogens with zero attached hydrogens (tertiary/aromatic N) is 2. The number of nitrogens with one attached hydrogen (secondary N) is 4. The molecule has 5 N–H and O–H groups in total. The van der Waals surface area contributed by atoms with Gasteiger partial charge in [-0.05, 0) is 83.3 Å². The number of methoxy groups -OCH3 is 2. The highest BCUT2D eigenvalue weighted by Crippen LogP contribution is 2.55. The Hall–Kier alpha value is -6.74. The molecule has 348 valence electrons. The molecule has 0 spiro atoms. The first kappa shape index (κ1) is 47.2. The molecule has 66 heavy (non-hydrogen) atoms. The van der Waals surface area contributed by atoms with Gasteiger partial charge >= 0.3 is 12.2 Å². The van der Waals surface area contributed by atoms with Crippen LogP contribution in [0, 0.1) is 0 Å². The first-order chi connectivity index (χ1) is 31.9. The van der Waals surface area contributed by atoms with Crippen molar-refractivity contribution in [3.8, 4) is 11.1 Å². The number of anilines is 2. The van der Waals surface area contributed by atoms with E-state index in [2.05, 4.69) is 41.2 Å². The van der Waals surface area contributed by atoms with Crippen molar-refractivity contribution in [1.29, 1.82) is 0 Å². The van der Waals surface area contributed by atoms with Crippen molar-refractivity contribution in [2.75, 3.05) is 37.9 Å². The van der Waals surface area contributed by atoms with Crippen molar-refractivity contribution < 1.29 is 43.3 Å². The number of benzene rings is 4. The summed E-state index contributed by atoms with van der Waals surface area (Å²) in [5.74, 6) is -1.73. The predicted molar refractivity (Wildman–Crippen MR) is 249 cm³/mol. The third-order valence-electron chi connectivity index (χ3n) is 13.2. The van der Waals surface area contributed by atoms with Crippen LogP contribution in [0.15, 0.2) is 97.1 Å². The minimum Gasteiger partial charge on any atom is -0.453 e. The van der Waals surface area contributed by atoms with Crippen molar-refractivity contribution in [3.63, 3.8) is 0 Å². The molecule has 5 atom stereocenters. The zero-order valence-corrected chi connectivity index (χ0v) is 38.0. The number of ether oxygens (including phenoxy) is 2. The summed E-state index contributed by atoms with van der Waals surface area (Å²) in [7, 11) is 2.44. The molecule has 4 aromatic rings. The minimum absolute atomic E-state index is 0.0177. The maximum Gasteiger partial charge on any atom is 0.407 e. The number of rotatable bonds is 16. The molecule has 0 saturated carbocycles. The summed E-state index contributed by atoms with van der Waals surface area (Å²) in [5.41, 5.74) is 5.96. The number of amides is 6. The monoisotopic (exact) mass is 900 g/mol. The van der Waals surface area contributed by atoms with Crippen LogP contribution in [-0.2, 0) is 34.1 Å². The van der Waals surface area contributed by atoms with Gasteiger partial charge in [-0.15, -0.1) is 0 Å². The number of fused-ring (bicyclic) bond motifs is 3. The molecule has 1 aliphatic carbocycles. The van der Waals surface area contributed by atoms with Crippen LogP contribution in [0.25, 0.3) is 11.1 Å². The zero-order chi connectivity index (χ0) is 47.0. The van der Waals surface area contributed by atoms with Crippen molar-refractivity contribution in [2.45, 2.75) is 107 Å². The summed E-state index contributed by atoms with van der Waals surface area (Å²) in [6, 6.07) is 25.4. The van der Waals surface area contributed by atoms with E-state index in [1.807, 2.05) is 36.4 Å². The number of carbonyl (C=O) groups excluding carboxylic acids is 6. The molecular formula is C51H60N6O9. The lowest BCUT2D eigenvalue weighted by Gasteiger charge is -2.33. The molecule has 3 aliphatic rings. The van der Waals surface area contributed by atoms with E-state index in [-0.39, 0.29) is 18.9 Å². The van der Waals surface area contributed by atoms with E-state index < -0.39 is 65.6 Å². The lowest BCUT2D eigenvalue weighted by Crippen LogP contribution is -2.48. The number of alkyl carbamates (subject to hydrolysis) is 2. The van der Waals surface area contributed by atoms with Crippen LogP contribution in [0.3, 0.4) is 0 Å². The van der Waals surface area contributed by atoms with Crippen molar-refractivity contribution in [1.82, 2.24) is 20.4 Å². The second kappa shape index (κ2) is 21.0. The Bertz CT molecular complexity index is 2400. The summed E-state index contributed by atoms with van der Waals surface area (Å²) >= 11 is 0. The smallest absolute Gasteiger partial charge is 0.407 e. The van der Waals surface area contributed by atoms with E-state index >= 15 is 0 Å². The Kier molecular flexibility index (Phi) is 15.1. The SMILES string of the molecule is CCCCC1(CCCC)c2cc(NC(=O)[C@@H]3CCCN3C(=O)[C@H](NC(=O)OC)c3ccccc3)ccc2-c2ccc(NC(=O)[C@@H]3C[C@H](O)CN3C(=O)[C@H](NC(=O)OC)c3ccccc3)cc21. The van der Waals surface area contributed by atoms with E-state index in [4.69, 9.17) is 9.47 Å². The van der Waals surface area contributed by atoms with Gasteiger partial charge in [0.05, 0.1) is 20.3 Å². The van der Waals surface area contributed by atoms with Crippen LogP contribution in [-0.4, -0.2) is 96.2 Å². The van der Waals surface area contributed by atoms with Gasteiger partial charge in [0.25, 0.3) is 11.8 Å². The fourth-order valence-corrected chi connectivity index (χ4v) is 9.88. The van der Waals surface area contributed by atoms with Crippen LogP contribution >= 0.6 is 0 Å². The molecule has 2 fully saturated rings. The number of hydrogen-bond acceptors (Lipinski definition) is 9. The summed E-state index contributed by atoms with van der Waals surface area (Å²) in [6.45, 7) is 4.58. The van der Waals surface area contributed by atoms with Crippen LogP contribution in [0.5, 0.6) is 0 Å². The molecule has 4 aromatic carbocycles. The summed E-state index contributed by atoms with van der Waals surface area (Å²) in [5, 5.41) is 22.3. The second-order valence-electron chi connectivity index (χ2n) is 17.3. The van der Waals surface area contributed by atoms with E-state index in [9.17, 15) is 33.9 Å². The normalized spacial score (nSPS) is 18.9. The molecule has 15 nitrogen and oxygen atoms in total. The van der Waals surface area contributed by atoms with E-state index in [0.29, 0.717) is 41.9 Å². The van der Waals surface area contributed by atoms with Crippen LogP contribution in [0.1, 0.15) is 106 Å². The molecular weight excluding hydrogens is 841 g/mol. The van der Waals surface area contributed by atoms with E-state index in [1.165, 1.54) is 24.0 Å². The number of likely N-dealkylation sites (tertiary alicyclic amines) is 2. The highest BCUT2D eigenvalue weighted by Gasteiger charge is 2.45. The predicted octanol–water partition coefficient (Wildman–Crippen LogP) is 7.36. The van der Waals surface area contributed by atoms with Crippen LogP contribution in [0.2, 0.25) is 0 Å². The second-order valence-corrected chi connectivity index (χ2v) is 17.3. The topological polar surface area (TPSA) is 196 Å². The van der Waals surface area contributed by atoms with Gasteiger partial charge in [-0.2, -0.15) is 0 Å². The summed E-state index contributed by atoms with van der Waals surface area (Å²) in [6.07, 6.45) is 3.99. The lowest BCUT2D eigenvalue weighted by molar-refractivity contribution is -0.138. The van der Waals surface area contributed by atoms with Crippen molar-refractivity contribution >= 4 is 47.2 Å². The third-order valence-corrected chi connectivity index (χ3v) is 13.2. The maximum absolute atomic E-state index is 14.2. The summed E-state index contributed by atoms with van der Waals surface area (Å²) in [4.78, 5) is 84.2. The molecule has 2 aliphatic heterocycles. The fourth-order valence-electron chi connectivity index (χ4n) is 9.88. The van der Waals surface area contributed by atoms with Crippen molar-refractivity contribution in [2.24, 2.45) is 0 Å². The standard InChI is InChI=1S/C51H60N6O9/c1-5-7-25-51(26-8-6-2)39-28-34(52-45(59)41-20-15-27-56(41)47(61)43(54-49(63)65-3)32-16-11-9-12-17-32)21-23-37(39)38-24-22-35(29-40(38)51)53-46(60)42-30-36(58)31-57(42)48(62)44(55-50(64)66-4)33-18-13-10-14-19-33/h9-14,16-19,21-24,28-29,36,41-44,58H,5-8,15,20,25-27,30-31H2,1-4H3,(H,52,59)(H,53,60)(H,54,63)(H,55,64)/t36-,41-,42-,43+,44+/m0/s1. The zero-order valence-electron chi connectivity index (χ0n) is 38.0. The Morgan fingerprint density at radius 1 is 0.667 bits per heavy atom. The van der Waals surface area contributed by atoms with Gasteiger partial charge in [-0.3, -0.25) is 19.2 Å². The van der Waals surface area contributed by atoms with Gasteiger partial charge in [-0.1, -0.05) is 112 Å². The fraction of sp³-hybridized carbons (Fsp3) is 0.412. The first-order valence-electron chi connectivity index (χ1n) is 22.9.